The van der Waals surface area contributed by atoms with Crippen LogP contribution in [0.15, 0.2) is 52.3 Å². The number of methoxy groups -OCH3 is 1. The van der Waals surface area contributed by atoms with Crippen molar-refractivity contribution in [3.8, 4) is 5.75 Å². The smallest absolute Gasteiger partial charge is 0.307 e. The minimum absolute atomic E-state index is 0.0206. The molecular formula is C15H13ClO3S. The lowest BCUT2D eigenvalue weighted by Gasteiger charge is -2.07. The molecule has 2 rings (SSSR count). The Labute approximate surface area is 126 Å². The molecule has 5 heteroatoms. The third kappa shape index (κ3) is 3.92. The normalized spacial score (nSPS) is 10.3. The summed E-state index contributed by atoms with van der Waals surface area (Å²) in [7, 11) is 1.63. The average molecular weight is 309 g/mol. The molecule has 0 aliphatic rings. The maximum absolute atomic E-state index is 10.7. The van der Waals surface area contributed by atoms with Gasteiger partial charge < -0.3 is 9.84 Å². The predicted molar refractivity (Wildman–Crippen MR) is 79.9 cm³/mol. The Morgan fingerprint density at radius 2 is 1.95 bits per heavy atom. The zero-order valence-corrected chi connectivity index (χ0v) is 12.4. The predicted octanol–water partition coefficient (Wildman–Crippen LogP) is 4.13. The first-order chi connectivity index (χ1) is 9.58. The van der Waals surface area contributed by atoms with E-state index in [0.29, 0.717) is 10.6 Å². The SMILES string of the molecule is COc1ccc(Sc2ccc(CC(=O)O)cc2Cl)cc1. The van der Waals surface area contributed by atoms with Crippen LogP contribution in [-0.4, -0.2) is 18.2 Å². The van der Waals surface area contributed by atoms with Crippen LogP contribution >= 0.6 is 23.4 Å². The van der Waals surface area contributed by atoms with Crippen molar-refractivity contribution in [1.29, 1.82) is 0 Å². The first-order valence-electron chi connectivity index (χ1n) is 5.90. The first-order valence-corrected chi connectivity index (χ1v) is 7.10. The zero-order chi connectivity index (χ0) is 14.5. The van der Waals surface area contributed by atoms with Crippen molar-refractivity contribution in [3.05, 3.63) is 53.1 Å². The lowest BCUT2D eigenvalue weighted by atomic mass is 10.1. The van der Waals surface area contributed by atoms with E-state index in [0.717, 1.165) is 15.5 Å². The molecule has 2 aromatic carbocycles. The van der Waals surface area contributed by atoms with Crippen molar-refractivity contribution in [2.45, 2.75) is 16.2 Å². The van der Waals surface area contributed by atoms with Gasteiger partial charge in [-0.25, -0.2) is 0 Å². The molecule has 104 valence electrons. The number of carboxylic acids is 1. The molecule has 20 heavy (non-hydrogen) atoms. The molecule has 0 saturated heterocycles. The highest BCUT2D eigenvalue weighted by Crippen LogP contribution is 2.34. The topological polar surface area (TPSA) is 46.5 Å². The fourth-order valence-corrected chi connectivity index (χ4v) is 2.82. The van der Waals surface area contributed by atoms with Crippen LogP contribution in [0.1, 0.15) is 5.56 Å². The summed E-state index contributed by atoms with van der Waals surface area (Å²) in [6.07, 6.45) is -0.0206. The number of carbonyl (C=O) groups is 1. The van der Waals surface area contributed by atoms with Gasteiger partial charge in [0.05, 0.1) is 18.6 Å². The van der Waals surface area contributed by atoms with E-state index in [4.69, 9.17) is 21.4 Å². The van der Waals surface area contributed by atoms with Gasteiger partial charge in [0.1, 0.15) is 5.75 Å². The molecule has 0 heterocycles. The van der Waals surface area contributed by atoms with Crippen molar-refractivity contribution in [3.63, 3.8) is 0 Å². The summed E-state index contributed by atoms with van der Waals surface area (Å²) in [5.74, 6) is -0.0612. The Kier molecular flexibility index (Phi) is 4.93. The fourth-order valence-electron chi connectivity index (χ4n) is 1.68. The Balaban J connectivity index is 2.14. The molecule has 0 bridgehead atoms. The molecule has 0 spiro atoms. The van der Waals surface area contributed by atoms with Gasteiger partial charge in [-0.05, 0) is 42.0 Å². The van der Waals surface area contributed by atoms with Gasteiger partial charge in [0.15, 0.2) is 0 Å². The molecular weight excluding hydrogens is 296 g/mol. The Morgan fingerprint density at radius 3 is 2.50 bits per heavy atom. The summed E-state index contributed by atoms with van der Waals surface area (Å²) in [6.45, 7) is 0. The number of benzene rings is 2. The summed E-state index contributed by atoms with van der Waals surface area (Å²) in [5.41, 5.74) is 0.696. The second-order valence-corrected chi connectivity index (χ2v) is 5.64. The second-order valence-electron chi connectivity index (χ2n) is 4.11. The summed E-state index contributed by atoms with van der Waals surface area (Å²) in [5, 5.41) is 9.31. The molecule has 2 aromatic rings. The second kappa shape index (κ2) is 6.68. The molecule has 1 N–H and O–H groups in total. The largest absolute Gasteiger partial charge is 0.497 e. The van der Waals surface area contributed by atoms with E-state index in [1.54, 1.807) is 19.2 Å². The van der Waals surface area contributed by atoms with Gasteiger partial charge in [0, 0.05) is 9.79 Å². The van der Waals surface area contributed by atoms with E-state index in [2.05, 4.69) is 0 Å². The van der Waals surface area contributed by atoms with Gasteiger partial charge in [-0.3, -0.25) is 4.79 Å². The number of aliphatic carboxylic acids is 1. The molecule has 0 atom stereocenters. The lowest BCUT2D eigenvalue weighted by molar-refractivity contribution is -0.136. The number of carboxylic acid groups (broad SMARTS) is 1. The van der Waals surface area contributed by atoms with Crippen LogP contribution < -0.4 is 4.74 Å². The van der Waals surface area contributed by atoms with Gasteiger partial charge >= 0.3 is 5.97 Å². The highest BCUT2D eigenvalue weighted by atomic mass is 35.5. The summed E-state index contributed by atoms with van der Waals surface area (Å²) >= 11 is 7.71. The maximum Gasteiger partial charge on any atom is 0.307 e. The van der Waals surface area contributed by atoms with Gasteiger partial charge in [0.25, 0.3) is 0 Å². The van der Waals surface area contributed by atoms with Crippen LogP contribution in [0.5, 0.6) is 5.75 Å². The third-order valence-electron chi connectivity index (χ3n) is 2.64. The van der Waals surface area contributed by atoms with Crippen molar-refractivity contribution in [2.24, 2.45) is 0 Å². The van der Waals surface area contributed by atoms with Gasteiger partial charge in [-0.1, -0.05) is 29.4 Å². The minimum Gasteiger partial charge on any atom is -0.497 e. The molecule has 0 saturated carbocycles. The van der Waals surface area contributed by atoms with E-state index < -0.39 is 5.97 Å². The highest BCUT2D eigenvalue weighted by molar-refractivity contribution is 7.99. The molecule has 0 aliphatic carbocycles. The van der Waals surface area contributed by atoms with E-state index in [-0.39, 0.29) is 6.42 Å². The van der Waals surface area contributed by atoms with Gasteiger partial charge in [-0.2, -0.15) is 0 Å². The van der Waals surface area contributed by atoms with Crippen LogP contribution in [0.4, 0.5) is 0 Å². The maximum atomic E-state index is 10.7. The van der Waals surface area contributed by atoms with Gasteiger partial charge in [0.2, 0.25) is 0 Å². The quantitative estimate of drug-likeness (QED) is 0.902. The Hall–Kier alpha value is -1.65. The van der Waals surface area contributed by atoms with Crippen LogP contribution in [0, 0.1) is 0 Å². The average Bonchev–Trinajstić information content (AvgIpc) is 2.42. The summed E-state index contributed by atoms with van der Waals surface area (Å²) < 4.78 is 5.10. The number of ether oxygens (including phenoxy) is 1. The minimum atomic E-state index is -0.864. The van der Waals surface area contributed by atoms with Crippen molar-refractivity contribution in [1.82, 2.24) is 0 Å². The van der Waals surface area contributed by atoms with Crippen LogP contribution in [-0.2, 0) is 11.2 Å². The number of rotatable bonds is 5. The number of halogens is 1. The van der Waals surface area contributed by atoms with Crippen molar-refractivity contribution >= 4 is 29.3 Å². The third-order valence-corrected chi connectivity index (χ3v) is 4.15. The standard InChI is InChI=1S/C15H13ClO3S/c1-19-11-3-5-12(6-4-11)20-14-7-2-10(8-13(14)16)9-15(17)18/h2-8H,9H2,1H3,(H,17,18). The van der Waals surface area contributed by atoms with Crippen molar-refractivity contribution in [2.75, 3.05) is 7.11 Å². The molecule has 0 fully saturated rings. The van der Waals surface area contributed by atoms with E-state index >= 15 is 0 Å². The lowest BCUT2D eigenvalue weighted by Crippen LogP contribution is -1.99. The van der Waals surface area contributed by atoms with E-state index in [1.165, 1.54) is 11.8 Å². The zero-order valence-electron chi connectivity index (χ0n) is 10.8. The summed E-state index contributed by atoms with van der Waals surface area (Å²) in [4.78, 5) is 12.6. The molecule has 0 unspecified atom stereocenters. The van der Waals surface area contributed by atoms with Crippen LogP contribution in [0.3, 0.4) is 0 Å². The van der Waals surface area contributed by atoms with Crippen LogP contribution in [0.2, 0.25) is 5.02 Å². The number of hydrogen-bond donors (Lipinski definition) is 1. The monoisotopic (exact) mass is 308 g/mol. The first kappa shape index (κ1) is 14.8. The Bertz CT molecular complexity index is 611. The molecule has 0 aromatic heterocycles. The van der Waals surface area contributed by atoms with E-state index in [1.807, 2.05) is 30.3 Å². The highest BCUT2D eigenvalue weighted by Gasteiger charge is 2.07. The number of hydrogen-bond acceptors (Lipinski definition) is 3. The molecule has 0 amide bonds. The van der Waals surface area contributed by atoms with Crippen molar-refractivity contribution < 1.29 is 14.6 Å². The fraction of sp³-hybridized carbons (Fsp3) is 0.133. The molecule has 0 aliphatic heterocycles. The van der Waals surface area contributed by atoms with Gasteiger partial charge in [-0.15, -0.1) is 0 Å². The molecule has 3 nitrogen and oxygen atoms in total. The Morgan fingerprint density at radius 1 is 1.25 bits per heavy atom. The van der Waals surface area contributed by atoms with Crippen LogP contribution in [0.25, 0.3) is 0 Å². The molecule has 0 radical (unpaired) electrons. The van der Waals surface area contributed by atoms with E-state index in [9.17, 15) is 4.79 Å². The summed E-state index contributed by atoms with van der Waals surface area (Å²) in [6, 6.07) is 13.0.